The van der Waals surface area contributed by atoms with Gasteiger partial charge in [0.15, 0.2) is 11.5 Å². The first-order valence-electron chi connectivity index (χ1n) is 6.70. The summed E-state index contributed by atoms with van der Waals surface area (Å²) >= 11 is 3.56. The molecule has 20 heavy (non-hydrogen) atoms. The van der Waals surface area contributed by atoms with E-state index in [1.807, 2.05) is 19.9 Å². The molecule has 0 amide bonds. The van der Waals surface area contributed by atoms with Crippen molar-refractivity contribution in [1.82, 2.24) is 5.32 Å². The number of rotatable bonds is 6. The topological polar surface area (TPSA) is 30.5 Å². The van der Waals surface area contributed by atoms with E-state index in [4.69, 9.17) is 9.47 Å². The molecule has 1 N–H and O–H groups in total. The van der Waals surface area contributed by atoms with Gasteiger partial charge in [0.25, 0.3) is 0 Å². The van der Waals surface area contributed by atoms with E-state index in [2.05, 4.69) is 48.1 Å². The van der Waals surface area contributed by atoms with Crippen LogP contribution in [0.3, 0.4) is 0 Å². The van der Waals surface area contributed by atoms with Crippen LogP contribution in [0.4, 0.5) is 0 Å². The van der Waals surface area contributed by atoms with E-state index in [1.165, 1.54) is 5.56 Å². The molecule has 0 atom stereocenters. The van der Waals surface area contributed by atoms with Gasteiger partial charge < -0.3 is 14.8 Å². The van der Waals surface area contributed by atoms with Crippen LogP contribution in [0.1, 0.15) is 40.2 Å². The molecule has 0 saturated carbocycles. The Morgan fingerprint density at radius 3 is 2.20 bits per heavy atom. The SMILES string of the molecule is CCOc1cc(CNC(C)(C)C)cc(Br)c1OCC.Cl. The molecule has 1 aromatic carbocycles. The van der Waals surface area contributed by atoms with Crippen LogP contribution in [0.5, 0.6) is 11.5 Å². The van der Waals surface area contributed by atoms with E-state index < -0.39 is 0 Å². The second-order valence-electron chi connectivity index (χ2n) is 5.37. The lowest BCUT2D eigenvalue weighted by atomic mass is 10.1. The summed E-state index contributed by atoms with van der Waals surface area (Å²) in [5.41, 5.74) is 1.27. The van der Waals surface area contributed by atoms with Crippen molar-refractivity contribution < 1.29 is 9.47 Å². The summed E-state index contributed by atoms with van der Waals surface area (Å²) in [6, 6.07) is 4.12. The molecule has 3 nitrogen and oxygen atoms in total. The number of benzene rings is 1. The Labute approximate surface area is 137 Å². The highest BCUT2D eigenvalue weighted by molar-refractivity contribution is 9.10. The van der Waals surface area contributed by atoms with Crippen molar-refractivity contribution in [2.75, 3.05) is 13.2 Å². The van der Waals surface area contributed by atoms with E-state index in [9.17, 15) is 0 Å². The normalized spacial score (nSPS) is 10.9. The van der Waals surface area contributed by atoms with Gasteiger partial charge in [-0.05, 0) is 68.2 Å². The van der Waals surface area contributed by atoms with Crippen molar-refractivity contribution >= 4 is 28.3 Å². The second kappa shape index (κ2) is 8.75. The predicted octanol–water partition coefficient (Wildman–Crippen LogP) is 4.56. The molecular weight excluding hydrogens is 342 g/mol. The van der Waals surface area contributed by atoms with Crippen molar-refractivity contribution in [2.45, 2.75) is 46.7 Å². The van der Waals surface area contributed by atoms with Gasteiger partial charge in [-0.15, -0.1) is 12.4 Å². The monoisotopic (exact) mass is 365 g/mol. The van der Waals surface area contributed by atoms with Crippen molar-refractivity contribution in [1.29, 1.82) is 0 Å². The van der Waals surface area contributed by atoms with Crippen LogP contribution in [0, 0.1) is 0 Å². The number of nitrogens with one attached hydrogen (secondary N) is 1. The molecule has 116 valence electrons. The molecule has 0 heterocycles. The van der Waals surface area contributed by atoms with Gasteiger partial charge in [0.2, 0.25) is 0 Å². The Morgan fingerprint density at radius 2 is 1.70 bits per heavy atom. The first-order chi connectivity index (χ1) is 8.87. The summed E-state index contributed by atoms with van der Waals surface area (Å²) < 4.78 is 12.2. The first-order valence-corrected chi connectivity index (χ1v) is 7.49. The minimum Gasteiger partial charge on any atom is -0.490 e. The molecule has 1 aromatic rings. The van der Waals surface area contributed by atoms with Gasteiger partial charge in [0, 0.05) is 12.1 Å². The second-order valence-corrected chi connectivity index (χ2v) is 6.23. The molecule has 0 fully saturated rings. The third-order valence-corrected chi connectivity index (χ3v) is 3.07. The fourth-order valence-electron chi connectivity index (χ4n) is 1.64. The minimum absolute atomic E-state index is 0. The van der Waals surface area contributed by atoms with Crippen LogP contribution in [-0.4, -0.2) is 18.8 Å². The van der Waals surface area contributed by atoms with Crippen LogP contribution in [-0.2, 0) is 6.54 Å². The average Bonchev–Trinajstić information content (AvgIpc) is 2.30. The fourth-order valence-corrected chi connectivity index (χ4v) is 2.24. The molecule has 0 saturated heterocycles. The first kappa shape index (κ1) is 19.6. The van der Waals surface area contributed by atoms with E-state index in [0.717, 1.165) is 22.5 Å². The summed E-state index contributed by atoms with van der Waals surface area (Å²) in [5, 5.41) is 3.47. The lowest BCUT2D eigenvalue weighted by Gasteiger charge is -2.21. The zero-order chi connectivity index (χ0) is 14.5. The van der Waals surface area contributed by atoms with Gasteiger partial charge in [-0.2, -0.15) is 0 Å². The number of halogens is 2. The fraction of sp³-hybridized carbons (Fsp3) is 0.600. The van der Waals surface area contributed by atoms with Crippen LogP contribution < -0.4 is 14.8 Å². The molecular formula is C15H25BrClNO2. The van der Waals surface area contributed by atoms with Gasteiger partial charge in [-0.25, -0.2) is 0 Å². The highest BCUT2D eigenvalue weighted by atomic mass is 79.9. The van der Waals surface area contributed by atoms with Gasteiger partial charge >= 0.3 is 0 Å². The Kier molecular flexibility index (Phi) is 8.56. The van der Waals surface area contributed by atoms with Crippen molar-refractivity contribution in [2.24, 2.45) is 0 Å². The maximum Gasteiger partial charge on any atom is 0.175 e. The highest BCUT2D eigenvalue weighted by Gasteiger charge is 2.14. The molecule has 0 radical (unpaired) electrons. The summed E-state index contributed by atoms with van der Waals surface area (Å²) in [5.74, 6) is 1.58. The maximum absolute atomic E-state index is 5.66. The lowest BCUT2D eigenvalue weighted by Crippen LogP contribution is -2.35. The summed E-state index contributed by atoms with van der Waals surface area (Å²) in [4.78, 5) is 0. The molecule has 5 heteroatoms. The van der Waals surface area contributed by atoms with Crippen molar-refractivity contribution in [3.8, 4) is 11.5 Å². The van der Waals surface area contributed by atoms with Gasteiger partial charge in [0.1, 0.15) is 0 Å². The summed E-state index contributed by atoms with van der Waals surface area (Å²) in [6.07, 6.45) is 0. The number of ether oxygens (including phenoxy) is 2. The molecule has 0 unspecified atom stereocenters. The minimum atomic E-state index is 0. The molecule has 0 aliphatic carbocycles. The highest BCUT2D eigenvalue weighted by Crippen LogP contribution is 2.37. The van der Waals surface area contributed by atoms with Gasteiger partial charge in [-0.3, -0.25) is 0 Å². The van der Waals surface area contributed by atoms with E-state index >= 15 is 0 Å². The zero-order valence-corrected chi connectivity index (χ0v) is 15.3. The van der Waals surface area contributed by atoms with Crippen molar-refractivity contribution in [3.63, 3.8) is 0 Å². The molecule has 0 bridgehead atoms. The lowest BCUT2D eigenvalue weighted by molar-refractivity contribution is 0.285. The van der Waals surface area contributed by atoms with E-state index in [0.29, 0.717) is 13.2 Å². The van der Waals surface area contributed by atoms with Crippen LogP contribution in [0.25, 0.3) is 0 Å². The third-order valence-electron chi connectivity index (χ3n) is 2.48. The zero-order valence-electron chi connectivity index (χ0n) is 12.9. The van der Waals surface area contributed by atoms with Crippen LogP contribution >= 0.6 is 28.3 Å². The van der Waals surface area contributed by atoms with Gasteiger partial charge in [-0.1, -0.05) is 0 Å². The van der Waals surface area contributed by atoms with Crippen LogP contribution in [0.15, 0.2) is 16.6 Å². The molecule has 0 aromatic heterocycles. The molecule has 1 rings (SSSR count). The van der Waals surface area contributed by atoms with Crippen molar-refractivity contribution in [3.05, 3.63) is 22.2 Å². The van der Waals surface area contributed by atoms with E-state index in [1.54, 1.807) is 0 Å². The summed E-state index contributed by atoms with van der Waals surface area (Å²) in [6.45, 7) is 12.5. The molecule has 0 aliphatic rings. The Bertz CT molecular complexity index is 419. The van der Waals surface area contributed by atoms with E-state index in [-0.39, 0.29) is 17.9 Å². The standard InChI is InChI=1S/C15H24BrNO2.ClH/c1-6-18-13-9-11(10-17-15(3,4)5)8-12(16)14(13)19-7-2;/h8-9,17H,6-7,10H2,1-5H3;1H. The predicted molar refractivity (Wildman–Crippen MR) is 90.3 cm³/mol. The molecule has 0 aliphatic heterocycles. The van der Waals surface area contributed by atoms with Crippen LogP contribution in [0.2, 0.25) is 0 Å². The third kappa shape index (κ3) is 6.33. The Balaban J connectivity index is 0.00000361. The Hall–Kier alpha value is -0.450. The van der Waals surface area contributed by atoms with Gasteiger partial charge in [0.05, 0.1) is 17.7 Å². The molecule has 0 spiro atoms. The largest absolute Gasteiger partial charge is 0.490 e. The average molecular weight is 367 g/mol. The number of hydrogen-bond donors (Lipinski definition) is 1. The smallest absolute Gasteiger partial charge is 0.175 e. The quantitative estimate of drug-likeness (QED) is 0.800. The summed E-state index contributed by atoms with van der Waals surface area (Å²) in [7, 11) is 0. The maximum atomic E-state index is 5.66. The number of hydrogen-bond acceptors (Lipinski definition) is 3. The Morgan fingerprint density at radius 1 is 1.10 bits per heavy atom.